The number of aromatic amines is 1. The highest BCUT2D eigenvalue weighted by Crippen LogP contribution is 2.35. The lowest BCUT2D eigenvalue weighted by Crippen LogP contribution is -2.50. The molecule has 1 aliphatic carbocycles. The maximum absolute atomic E-state index is 12.4. The van der Waals surface area contributed by atoms with E-state index < -0.39 is 5.97 Å². The summed E-state index contributed by atoms with van der Waals surface area (Å²) >= 11 is 0. The zero-order valence-electron chi connectivity index (χ0n) is 12.2. The lowest BCUT2D eigenvalue weighted by atomic mass is 9.78. The number of H-pyrrole nitrogens is 1. The number of esters is 1. The standard InChI is InChI=1S/C16H22N2O3/c19-15(11-21-16(20)13-7-3-9-17-13)18-10-4-6-12-5-1-2-8-14(12)18/h3,7,9,12,14,17H,1-2,4-6,8,10-11H2/t12-,14+/m0/s1. The molecule has 1 saturated heterocycles. The van der Waals surface area contributed by atoms with Crippen molar-refractivity contribution >= 4 is 11.9 Å². The van der Waals surface area contributed by atoms with Crippen molar-refractivity contribution in [3.63, 3.8) is 0 Å². The first-order chi connectivity index (χ1) is 10.3. The lowest BCUT2D eigenvalue weighted by Gasteiger charge is -2.44. The number of amides is 1. The summed E-state index contributed by atoms with van der Waals surface area (Å²) in [7, 11) is 0. The molecule has 0 bridgehead atoms. The minimum absolute atomic E-state index is 0.0495. The first-order valence-corrected chi connectivity index (χ1v) is 7.85. The van der Waals surface area contributed by atoms with Gasteiger partial charge in [-0.05, 0) is 43.7 Å². The van der Waals surface area contributed by atoms with Crippen molar-refractivity contribution in [1.82, 2.24) is 9.88 Å². The van der Waals surface area contributed by atoms with Gasteiger partial charge in [-0.2, -0.15) is 0 Å². The molecule has 114 valence electrons. The van der Waals surface area contributed by atoms with Crippen LogP contribution in [0.25, 0.3) is 0 Å². The minimum atomic E-state index is -0.467. The van der Waals surface area contributed by atoms with E-state index in [9.17, 15) is 9.59 Å². The molecule has 0 spiro atoms. The van der Waals surface area contributed by atoms with Crippen LogP contribution in [0.15, 0.2) is 18.3 Å². The maximum atomic E-state index is 12.4. The molecule has 1 N–H and O–H groups in total. The monoisotopic (exact) mass is 290 g/mol. The Kier molecular flexibility index (Phi) is 4.27. The number of aromatic nitrogens is 1. The summed E-state index contributed by atoms with van der Waals surface area (Å²) in [6.07, 6.45) is 8.78. The molecule has 0 aromatic carbocycles. The van der Waals surface area contributed by atoms with E-state index in [0.717, 1.165) is 19.4 Å². The van der Waals surface area contributed by atoms with Gasteiger partial charge in [-0.3, -0.25) is 4.79 Å². The van der Waals surface area contributed by atoms with E-state index in [4.69, 9.17) is 4.74 Å². The second-order valence-corrected chi connectivity index (χ2v) is 6.00. The number of piperidine rings is 1. The molecule has 5 heteroatoms. The summed E-state index contributed by atoms with van der Waals surface area (Å²) in [5.41, 5.74) is 0.386. The van der Waals surface area contributed by atoms with Crippen LogP contribution < -0.4 is 0 Å². The van der Waals surface area contributed by atoms with E-state index in [1.807, 2.05) is 4.90 Å². The SMILES string of the molecule is O=C(OCC(=O)N1CCC[C@@H]2CCCC[C@H]21)c1ccc[nH]1. The molecule has 2 aliphatic rings. The van der Waals surface area contributed by atoms with Crippen LogP contribution in [0.2, 0.25) is 0 Å². The molecule has 1 aromatic rings. The van der Waals surface area contributed by atoms with Gasteiger partial charge in [0, 0.05) is 18.8 Å². The van der Waals surface area contributed by atoms with E-state index in [2.05, 4.69) is 4.98 Å². The van der Waals surface area contributed by atoms with Crippen molar-refractivity contribution in [2.45, 2.75) is 44.6 Å². The number of fused-ring (bicyclic) bond motifs is 1. The molecule has 0 unspecified atom stereocenters. The fourth-order valence-electron chi connectivity index (χ4n) is 3.68. The van der Waals surface area contributed by atoms with Crippen LogP contribution >= 0.6 is 0 Å². The van der Waals surface area contributed by atoms with Crippen molar-refractivity contribution in [3.8, 4) is 0 Å². The first-order valence-electron chi connectivity index (χ1n) is 7.85. The van der Waals surface area contributed by atoms with Crippen molar-refractivity contribution in [1.29, 1.82) is 0 Å². The van der Waals surface area contributed by atoms with Gasteiger partial charge in [0.15, 0.2) is 6.61 Å². The molecule has 1 saturated carbocycles. The number of carbonyl (C=O) groups excluding carboxylic acids is 2. The average Bonchev–Trinajstić information content (AvgIpc) is 3.06. The highest BCUT2D eigenvalue weighted by Gasteiger charge is 2.35. The normalized spacial score (nSPS) is 25.2. The van der Waals surface area contributed by atoms with Crippen LogP contribution in [0, 0.1) is 5.92 Å². The van der Waals surface area contributed by atoms with E-state index in [1.54, 1.807) is 18.3 Å². The summed E-state index contributed by atoms with van der Waals surface area (Å²) in [5.74, 6) is 0.132. The van der Waals surface area contributed by atoms with E-state index in [1.165, 1.54) is 25.7 Å². The third-order valence-corrected chi connectivity index (χ3v) is 4.71. The molecule has 21 heavy (non-hydrogen) atoms. The fraction of sp³-hybridized carbons (Fsp3) is 0.625. The Bertz CT molecular complexity index is 496. The Morgan fingerprint density at radius 1 is 1.24 bits per heavy atom. The molecule has 0 radical (unpaired) electrons. The van der Waals surface area contributed by atoms with Gasteiger partial charge in [0.1, 0.15) is 5.69 Å². The zero-order valence-corrected chi connectivity index (χ0v) is 12.2. The molecule has 2 atom stereocenters. The number of likely N-dealkylation sites (tertiary alicyclic amines) is 1. The third-order valence-electron chi connectivity index (χ3n) is 4.71. The number of nitrogens with one attached hydrogen (secondary N) is 1. The van der Waals surface area contributed by atoms with Crippen molar-refractivity contribution in [2.75, 3.05) is 13.2 Å². The predicted octanol–water partition coefficient (Wildman–Crippen LogP) is 2.35. The van der Waals surface area contributed by atoms with E-state index >= 15 is 0 Å². The average molecular weight is 290 g/mol. The molecule has 1 aromatic heterocycles. The van der Waals surface area contributed by atoms with Gasteiger partial charge in [0.2, 0.25) is 0 Å². The maximum Gasteiger partial charge on any atom is 0.355 e. The minimum Gasteiger partial charge on any atom is -0.451 e. The summed E-state index contributed by atoms with van der Waals surface area (Å²) in [6, 6.07) is 3.74. The smallest absolute Gasteiger partial charge is 0.355 e. The number of hydrogen-bond acceptors (Lipinski definition) is 3. The van der Waals surface area contributed by atoms with Crippen molar-refractivity contribution in [2.24, 2.45) is 5.92 Å². The van der Waals surface area contributed by atoms with Crippen LogP contribution in [0.5, 0.6) is 0 Å². The van der Waals surface area contributed by atoms with E-state index in [-0.39, 0.29) is 12.5 Å². The molecule has 5 nitrogen and oxygen atoms in total. The number of ether oxygens (including phenoxy) is 1. The second-order valence-electron chi connectivity index (χ2n) is 6.00. The highest BCUT2D eigenvalue weighted by molar-refractivity contribution is 5.89. The molecule has 3 rings (SSSR count). The Hall–Kier alpha value is -1.78. The topological polar surface area (TPSA) is 62.4 Å². The molecule has 1 aliphatic heterocycles. The van der Waals surface area contributed by atoms with Crippen LogP contribution in [-0.2, 0) is 9.53 Å². The molecular weight excluding hydrogens is 268 g/mol. The van der Waals surface area contributed by atoms with E-state index in [0.29, 0.717) is 17.7 Å². The van der Waals surface area contributed by atoms with Crippen LogP contribution in [0.1, 0.15) is 49.0 Å². The summed E-state index contributed by atoms with van der Waals surface area (Å²) in [5, 5.41) is 0. The predicted molar refractivity (Wildman–Crippen MR) is 77.8 cm³/mol. The van der Waals surface area contributed by atoms with Crippen LogP contribution in [0.4, 0.5) is 0 Å². The number of carbonyl (C=O) groups is 2. The van der Waals surface area contributed by atoms with Gasteiger partial charge >= 0.3 is 5.97 Å². The van der Waals surface area contributed by atoms with Gasteiger partial charge in [0.25, 0.3) is 5.91 Å². The quantitative estimate of drug-likeness (QED) is 0.869. The number of nitrogens with zero attached hydrogens (tertiary/aromatic N) is 1. The Balaban J connectivity index is 1.55. The van der Waals surface area contributed by atoms with Crippen molar-refractivity contribution in [3.05, 3.63) is 24.0 Å². The Morgan fingerprint density at radius 3 is 2.86 bits per heavy atom. The largest absolute Gasteiger partial charge is 0.451 e. The van der Waals surface area contributed by atoms with Gasteiger partial charge in [0.05, 0.1) is 0 Å². The summed E-state index contributed by atoms with van der Waals surface area (Å²) in [4.78, 5) is 28.9. The van der Waals surface area contributed by atoms with Crippen molar-refractivity contribution < 1.29 is 14.3 Å². The van der Waals surface area contributed by atoms with Gasteiger partial charge < -0.3 is 14.6 Å². The van der Waals surface area contributed by atoms with Gasteiger partial charge in [-0.1, -0.05) is 12.8 Å². The number of rotatable bonds is 3. The fourth-order valence-corrected chi connectivity index (χ4v) is 3.68. The highest BCUT2D eigenvalue weighted by atomic mass is 16.5. The Morgan fingerprint density at radius 2 is 2.05 bits per heavy atom. The van der Waals surface area contributed by atoms with Gasteiger partial charge in [-0.25, -0.2) is 4.79 Å². The first kappa shape index (κ1) is 14.2. The van der Waals surface area contributed by atoms with Crippen LogP contribution in [0.3, 0.4) is 0 Å². The lowest BCUT2D eigenvalue weighted by molar-refractivity contribution is -0.140. The van der Waals surface area contributed by atoms with Crippen LogP contribution in [-0.4, -0.2) is 41.0 Å². The third kappa shape index (κ3) is 3.12. The van der Waals surface area contributed by atoms with Gasteiger partial charge in [-0.15, -0.1) is 0 Å². The zero-order chi connectivity index (χ0) is 14.7. The molecular formula is C16H22N2O3. The number of hydrogen-bond donors (Lipinski definition) is 1. The Labute approximate surface area is 124 Å². The summed E-state index contributed by atoms with van der Waals surface area (Å²) < 4.78 is 5.12. The molecule has 1 amide bonds. The second kappa shape index (κ2) is 6.33. The molecule has 2 heterocycles. The molecule has 2 fully saturated rings. The summed E-state index contributed by atoms with van der Waals surface area (Å²) in [6.45, 7) is 0.654.